The lowest BCUT2D eigenvalue weighted by Crippen LogP contribution is -2.58. The number of nitrogens with zero attached hydrogens (tertiary/aromatic N) is 3. The molecule has 3 heterocycles. The summed E-state index contributed by atoms with van der Waals surface area (Å²) in [6.45, 7) is 12.2. The van der Waals surface area contributed by atoms with Gasteiger partial charge in [0.1, 0.15) is 17.8 Å². The zero-order valence-electron chi connectivity index (χ0n) is 34.4. The number of piperidine rings is 1. The number of hydrogen-bond donors (Lipinski definition) is 3. The van der Waals surface area contributed by atoms with Crippen LogP contribution in [0, 0.1) is 18.3 Å². The molecule has 1 saturated carbocycles. The summed E-state index contributed by atoms with van der Waals surface area (Å²) in [5, 5.41) is 12.8. The van der Waals surface area contributed by atoms with Crippen molar-refractivity contribution in [1.82, 2.24) is 25.4 Å². The third-order valence-electron chi connectivity index (χ3n) is 11.2. The molecule has 1 aliphatic carbocycles. The number of hydrogen-bond acceptors (Lipinski definition) is 9. The minimum Gasteiger partial charge on any atom is -0.493 e. The van der Waals surface area contributed by atoms with E-state index in [1.807, 2.05) is 57.1 Å². The summed E-state index contributed by atoms with van der Waals surface area (Å²) >= 11 is 3.54. The standard InChI is InChI=1S/C43H58FN5O4S2.CH4O/c1-30-37(55-29-46-30)32-14-15-33(28-45-39(50)35-13-10-22-49(35)40(51)38(42(2,3)4)47-41(52)43(44)19-20-43)36(27-32)53-25-18-31-16-23-48(24-17-31)21-8-9-26-54-34-11-6-5-7-12-34;1-2/h5-7,11-12,14-15,27,29,31,35,38H,8-10,13,16-26,28H2,1-4H3,(H,45,50)(H,47,52);2H,1H3. The molecule has 2 aromatic carbocycles. The number of alkyl halides is 1. The number of carbonyl (C=O) groups excluding carboxylic acids is 3. The fourth-order valence-corrected chi connectivity index (χ4v) is 9.28. The summed E-state index contributed by atoms with van der Waals surface area (Å²) in [4.78, 5) is 51.3. The SMILES string of the molecule is CO.Cc1ncsc1-c1ccc(CNC(=O)C2CCCN2C(=O)C(NC(=O)C2(F)CC2)C(C)(C)C)c(OCCC2CCN(CCCCSc3ccccc3)CC2)c1. The first kappa shape index (κ1) is 44.6. The predicted molar refractivity (Wildman–Crippen MR) is 227 cm³/mol. The molecule has 0 bridgehead atoms. The van der Waals surface area contributed by atoms with Crippen LogP contribution in [-0.2, 0) is 20.9 Å². The predicted octanol–water partition coefficient (Wildman–Crippen LogP) is 7.42. The summed E-state index contributed by atoms with van der Waals surface area (Å²) < 4.78 is 21.1. The highest BCUT2D eigenvalue weighted by molar-refractivity contribution is 7.99. The molecule has 3 aliphatic rings. The smallest absolute Gasteiger partial charge is 0.258 e. The highest BCUT2D eigenvalue weighted by atomic mass is 32.2. The van der Waals surface area contributed by atoms with Crippen molar-refractivity contribution in [3.8, 4) is 16.2 Å². The lowest BCUT2D eigenvalue weighted by molar-refractivity contribution is -0.144. The molecule has 10 nitrogen and oxygen atoms in total. The zero-order valence-corrected chi connectivity index (χ0v) is 36.0. The van der Waals surface area contributed by atoms with Gasteiger partial charge in [0.25, 0.3) is 5.91 Å². The summed E-state index contributed by atoms with van der Waals surface area (Å²) in [6, 6.07) is 15.1. The van der Waals surface area contributed by atoms with E-state index < -0.39 is 29.1 Å². The Morgan fingerprint density at radius 1 is 1.05 bits per heavy atom. The average Bonchev–Trinajstić information content (AvgIpc) is 3.55. The minimum atomic E-state index is -1.89. The lowest BCUT2D eigenvalue weighted by atomic mass is 9.85. The van der Waals surface area contributed by atoms with E-state index in [9.17, 15) is 18.8 Å². The number of likely N-dealkylation sites (tertiary alicyclic amines) is 2. The van der Waals surface area contributed by atoms with Gasteiger partial charge in [-0.05, 0) is 125 Å². The number of nitrogens with one attached hydrogen (secondary N) is 2. The van der Waals surface area contributed by atoms with E-state index in [2.05, 4.69) is 56.9 Å². The minimum absolute atomic E-state index is 0.171. The van der Waals surface area contributed by atoms with Crippen LogP contribution >= 0.6 is 23.1 Å². The van der Waals surface area contributed by atoms with Crippen LogP contribution in [0.1, 0.15) is 89.8 Å². The van der Waals surface area contributed by atoms with Crippen molar-refractivity contribution in [2.24, 2.45) is 11.3 Å². The number of thiazole rings is 1. The number of thioether (sulfide) groups is 1. The summed E-state index contributed by atoms with van der Waals surface area (Å²) in [6.07, 6.45) is 7.33. The van der Waals surface area contributed by atoms with Crippen LogP contribution in [0.2, 0.25) is 0 Å². The number of aryl methyl sites for hydroxylation is 1. The van der Waals surface area contributed by atoms with E-state index in [0.717, 1.165) is 66.4 Å². The molecule has 0 radical (unpaired) electrons. The molecule has 2 atom stereocenters. The monoisotopic (exact) mass is 823 g/mol. The number of aromatic nitrogens is 1. The molecule has 2 unspecified atom stereocenters. The summed E-state index contributed by atoms with van der Waals surface area (Å²) in [7, 11) is 1.00. The fraction of sp³-hybridized carbons (Fsp3) is 0.591. The normalized spacial score (nSPS) is 18.6. The number of unbranched alkanes of at least 4 members (excludes halogenated alkanes) is 1. The van der Waals surface area contributed by atoms with Gasteiger partial charge in [0.15, 0.2) is 5.67 Å². The molecular formula is C44H62FN5O5S2. The molecule has 3 amide bonds. The van der Waals surface area contributed by atoms with Crippen LogP contribution in [0.25, 0.3) is 10.4 Å². The first-order valence-corrected chi connectivity index (χ1v) is 22.4. The Hall–Kier alpha value is -3.52. The molecular weight excluding hydrogens is 762 g/mol. The van der Waals surface area contributed by atoms with E-state index in [1.54, 1.807) is 16.2 Å². The number of rotatable bonds is 17. The Morgan fingerprint density at radius 2 is 1.79 bits per heavy atom. The number of amides is 3. The quantitative estimate of drug-likeness (QED) is 0.0950. The van der Waals surface area contributed by atoms with Gasteiger partial charge in [-0.15, -0.1) is 23.1 Å². The largest absolute Gasteiger partial charge is 0.493 e. The first-order valence-electron chi connectivity index (χ1n) is 20.5. The fourth-order valence-electron chi connectivity index (χ4n) is 7.55. The van der Waals surface area contributed by atoms with Gasteiger partial charge in [0.05, 0.1) is 22.7 Å². The van der Waals surface area contributed by atoms with Crippen molar-refractivity contribution < 1.29 is 28.6 Å². The Kier molecular flexibility index (Phi) is 16.4. The number of carbonyl (C=O) groups is 3. The van der Waals surface area contributed by atoms with Crippen molar-refractivity contribution in [3.05, 3.63) is 65.3 Å². The third kappa shape index (κ3) is 12.5. The van der Waals surface area contributed by atoms with E-state index >= 15 is 0 Å². The van der Waals surface area contributed by atoms with Gasteiger partial charge in [-0.25, -0.2) is 9.37 Å². The number of ether oxygens (including phenoxy) is 1. The van der Waals surface area contributed by atoms with Crippen molar-refractivity contribution >= 4 is 40.8 Å². The Bertz CT molecular complexity index is 1760. The molecule has 312 valence electrons. The van der Waals surface area contributed by atoms with Gasteiger partial charge in [0.2, 0.25) is 11.8 Å². The van der Waals surface area contributed by atoms with Crippen molar-refractivity contribution in [1.29, 1.82) is 0 Å². The van der Waals surface area contributed by atoms with E-state index in [1.165, 1.54) is 30.6 Å². The van der Waals surface area contributed by atoms with Crippen LogP contribution in [0.3, 0.4) is 0 Å². The van der Waals surface area contributed by atoms with E-state index in [0.29, 0.717) is 31.9 Å². The average molecular weight is 824 g/mol. The molecule has 57 heavy (non-hydrogen) atoms. The van der Waals surface area contributed by atoms with Gasteiger partial charge in [-0.3, -0.25) is 14.4 Å². The molecule has 6 rings (SSSR count). The van der Waals surface area contributed by atoms with Crippen LogP contribution in [0.5, 0.6) is 5.75 Å². The highest BCUT2D eigenvalue weighted by Crippen LogP contribution is 2.40. The Morgan fingerprint density at radius 3 is 2.46 bits per heavy atom. The van der Waals surface area contributed by atoms with Crippen LogP contribution < -0.4 is 15.4 Å². The van der Waals surface area contributed by atoms with Gasteiger partial charge >= 0.3 is 0 Å². The topological polar surface area (TPSA) is 124 Å². The maximum Gasteiger partial charge on any atom is 0.258 e. The lowest BCUT2D eigenvalue weighted by Gasteiger charge is -2.35. The molecule has 3 N–H and O–H groups in total. The Labute approximate surface area is 346 Å². The second-order valence-corrected chi connectivity index (χ2v) is 18.5. The zero-order chi connectivity index (χ0) is 41.0. The molecule has 2 saturated heterocycles. The molecule has 3 aromatic rings. The molecule has 1 aromatic heterocycles. The van der Waals surface area contributed by atoms with Crippen molar-refractivity contribution in [2.45, 2.75) is 115 Å². The summed E-state index contributed by atoms with van der Waals surface area (Å²) in [5.41, 5.74) is 2.16. The molecule has 3 fully saturated rings. The van der Waals surface area contributed by atoms with Gasteiger partial charge in [0, 0.05) is 30.7 Å². The van der Waals surface area contributed by atoms with E-state index in [-0.39, 0.29) is 31.2 Å². The Balaban J connectivity index is 0.00000305. The van der Waals surface area contributed by atoms with Gasteiger partial charge in [-0.1, -0.05) is 51.1 Å². The van der Waals surface area contributed by atoms with Crippen molar-refractivity contribution in [3.63, 3.8) is 0 Å². The van der Waals surface area contributed by atoms with Crippen LogP contribution in [0.4, 0.5) is 4.39 Å². The second-order valence-electron chi connectivity index (χ2n) is 16.5. The second kappa shape index (κ2) is 20.9. The number of aliphatic hydroxyl groups is 1. The number of aliphatic hydroxyl groups excluding tert-OH is 1. The maximum absolute atomic E-state index is 14.6. The first-order chi connectivity index (χ1) is 27.4. The van der Waals surface area contributed by atoms with Crippen molar-refractivity contribution in [2.75, 3.05) is 45.6 Å². The molecule has 0 spiro atoms. The van der Waals surface area contributed by atoms with Gasteiger partial charge < -0.3 is 30.3 Å². The molecule has 13 heteroatoms. The van der Waals surface area contributed by atoms with E-state index in [4.69, 9.17) is 9.84 Å². The number of benzene rings is 2. The molecule has 2 aliphatic heterocycles. The van der Waals surface area contributed by atoms with Crippen LogP contribution in [0.15, 0.2) is 58.9 Å². The summed E-state index contributed by atoms with van der Waals surface area (Å²) in [5.74, 6) is 1.19. The maximum atomic E-state index is 14.6. The van der Waals surface area contributed by atoms with Gasteiger partial charge in [-0.2, -0.15) is 0 Å². The third-order valence-corrected chi connectivity index (χ3v) is 13.3. The highest BCUT2D eigenvalue weighted by Gasteiger charge is 2.53. The number of halogens is 1. The van der Waals surface area contributed by atoms with Crippen LogP contribution in [-0.4, -0.2) is 101 Å².